The van der Waals surface area contributed by atoms with Crippen LogP contribution in [-0.4, -0.2) is 0 Å². The van der Waals surface area contributed by atoms with Gasteiger partial charge in [-0.15, -0.1) is 0 Å². The van der Waals surface area contributed by atoms with Crippen molar-refractivity contribution in [1.29, 1.82) is 0 Å². The molecule has 0 N–H and O–H groups in total. The fraction of sp³-hybridized carbons (Fsp3) is 0.500. The van der Waals surface area contributed by atoms with Crippen molar-refractivity contribution in [1.82, 2.24) is 0 Å². The fourth-order valence-electron chi connectivity index (χ4n) is 1.51. The van der Waals surface area contributed by atoms with Gasteiger partial charge in [-0.25, -0.2) is 0 Å². The molecule has 0 spiro atoms. The molecule has 0 aliphatic carbocycles. The summed E-state index contributed by atoms with van der Waals surface area (Å²) < 4.78 is 37.6. The summed E-state index contributed by atoms with van der Waals surface area (Å²) in [7, 11) is 0. The molecule has 0 heterocycles. The number of hydrogen-bond acceptors (Lipinski definition) is 0. The molecule has 3 heteroatoms. The lowest BCUT2D eigenvalue weighted by Gasteiger charge is -2.11. The van der Waals surface area contributed by atoms with Crippen molar-refractivity contribution in [3.8, 4) is 0 Å². The SMILES string of the molecule is CCCCCc1ccc[c]c1C(F)(F)F. The summed E-state index contributed by atoms with van der Waals surface area (Å²) in [4.78, 5) is 0. The molecule has 0 bridgehead atoms. The third-order valence-electron chi connectivity index (χ3n) is 2.28. The van der Waals surface area contributed by atoms with E-state index in [1.54, 1.807) is 6.07 Å². The Morgan fingerprint density at radius 1 is 1.27 bits per heavy atom. The van der Waals surface area contributed by atoms with Gasteiger partial charge >= 0.3 is 6.18 Å². The van der Waals surface area contributed by atoms with Crippen molar-refractivity contribution in [2.45, 2.75) is 38.8 Å². The Bertz CT molecular complexity index is 302. The first-order valence-electron chi connectivity index (χ1n) is 5.12. The van der Waals surface area contributed by atoms with Crippen LogP contribution in [0.4, 0.5) is 13.2 Å². The van der Waals surface area contributed by atoms with Gasteiger partial charge in [0, 0.05) is 0 Å². The van der Waals surface area contributed by atoms with Crippen LogP contribution in [0.25, 0.3) is 0 Å². The topological polar surface area (TPSA) is 0 Å². The van der Waals surface area contributed by atoms with Gasteiger partial charge in [0.1, 0.15) is 0 Å². The van der Waals surface area contributed by atoms with E-state index in [0.29, 0.717) is 12.0 Å². The zero-order valence-electron chi connectivity index (χ0n) is 8.69. The number of benzene rings is 1. The van der Waals surface area contributed by atoms with E-state index in [4.69, 9.17) is 0 Å². The molecule has 0 nitrogen and oxygen atoms in total. The zero-order valence-corrected chi connectivity index (χ0v) is 8.69. The summed E-state index contributed by atoms with van der Waals surface area (Å²) in [6.07, 6.45) is -1.01. The normalized spacial score (nSPS) is 11.7. The molecule has 0 aromatic heterocycles. The molecule has 1 radical (unpaired) electrons. The standard InChI is InChI=1S/C12H14F3/c1-2-3-4-7-10-8-5-6-9-11(10)12(13,14)15/h5-6,8H,2-4,7H2,1H3. The van der Waals surface area contributed by atoms with Gasteiger partial charge in [0.25, 0.3) is 0 Å². The Kier molecular flexibility index (Phi) is 4.18. The minimum absolute atomic E-state index is 0.360. The summed E-state index contributed by atoms with van der Waals surface area (Å²) in [5, 5.41) is 0. The maximum absolute atomic E-state index is 12.5. The van der Waals surface area contributed by atoms with Crippen molar-refractivity contribution in [2.75, 3.05) is 0 Å². The molecule has 0 fully saturated rings. The molecule has 1 aromatic carbocycles. The number of alkyl halides is 3. The van der Waals surface area contributed by atoms with Crippen LogP contribution in [0.3, 0.4) is 0 Å². The van der Waals surface area contributed by atoms with E-state index in [1.807, 2.05) is 6.92 Å². The van der Waals surface area contributed by atoms with E-state index in [2.05, 4.69) is 6.07 Å². The van der Waals surface area contributed by atoms with E-state index < -0.39 is 11.7 Å². The van der Waals surface area contributed by atoms with E-state index in [0.717, 1.165) is 19.3 Å². The maximum atomic E-state index is 12.5. The number of hydrogen-bond donors (Lipinski definition) is 0. The lowest BCUT2D eigenvalue weighted by atomic mass is 10.0. The van der Waals surface area contributed by atoms with E-state index >= 15 is 0 Å². The molecular weight excluding hydrogens is 201 g/mol. The minimum atomic E-state index is -4.27. The van der Waals surface area contributed by atoms with Crippen molar-refractivity contribution in [2.24, 2.45) is 0 Å². The highest BCUT2D eigenvalue weighted by Gasteiger charge is 2.32. The third-order valence-corrected chi connectivity index (χ3v) is 2.28. The molecule has 0 aliphatic heterocycles. The maximum Gasteiger partial charge on any atom is 0.417 e. The smallest absolute Gasteiger partial charge is 0.166 e. The Morgan fingerprint density at radius 2 is 2.00 bits per heavy atom. The van der Waals surface area contributed by atoms with Gasteiger partial charge < -0.3 is 0 Å². The van der Waals surface area contributed by atoms with Crippen molar-refractivity contribution < 1.29 is 13.2 Å². The average molecular weight is 215 g/mol. The number of halogens is 3. The highest BCUT2D eigenvalue weighted by Crippen LogP contribution is 2.32. The molecule has 0 saturated carbocycles. The molecular formula is C12H14F3. The van der Waals surface area contributed by atoms with Crippen LogP contribution in [0.5, 0.6) is 0 Å². The number of aryl methyl sites for hydroxylation is 1. The minimum Gasteiger partial charge on any atom is -0.166 e. The molecule has 0 aliphatic rings. The molecule has 83 valence electrons. The largest absolute Gasteiger partial charge is 0.417 e. The summed E-state index contributed by atoms with van der Waals surface area (Å²) >= 11 is 0. The molecule has 15 heavy (non-hydrogen) atoms. The Labute approximate surface area is 88.1 Å². The Morgan fingerprint density at radius 3 is 2.60 bits per heavy atom. The molecule has 0 unspecified atom stereocenters. The van der Waals surface area contributed by atoms with Crippen LogP contribution in [0.2, 0.25) is 0 Å². The average Bonchev–Trinajstić information content (AvgIpc) is 2.17. The second-order valence-corrected chi connectivity index (χ2v) is 3.53. The Balaban J connectivity index is 2.78. The van der Waals surface area contributed by atoms with Crippen LogP contribution in [0, 0.1) is 6.07 Å². The second kappa shape index (κ2) is 5.19. The summed E-state index contributed by atoms with van der Waals surface area (Å²) in [5.74, 6) is 0. The molecule has 1 aromatic rings. The van der Waals surface area contributed by atoms with Crippen LogP contribution in [0.1, 0.15) is 37.3 Å². The van der Waals surface area contributed by atoms with Gasteiger partial charge in [-0.3, -0.25) is 0 Å². The zero-order chi connectivity index (χ0) is 11.3. The van der Waals surface area contributed by atoms with Gasteiger partial charge in [-0.2, -0.15) is 13.2 Å². The van der Waals surface area contributed by atoms with Crippen LogP contribution in [-0.2, 0) is 12.6 Å². The van der Waals surface area contributed by atoms with Gasteiger partial charge in [0.15, 0.2) is 0 Å². The fourth-order valence-corrected chi connectivity index (χ4v) is 1.51. The first-order valence-corrected chi connectivity index (χ1v) is 5.12. The predicted octanol–water partition coefficient (Wildman–Crippen LogP) is 4.24. The van der Waals surface area contributed by atoms with Gasteiger partial charge in [0.05, 0.1) is 5.56 Å². The third kappa shape index (κ3) is 3.57. The first-order chi connectivity index (χ1) is 7.05. The molecule has 0 saturated heterocycles. The van der Waals surface area contributed by atoms with Crippen LogP contribution in [0.15, 0.2) is 18.2 Å². The monoisotopic (exact) mass is 215 g/mol. The summed E-state index contributed by atoms with van der Waals surface area (Å²) in [6.45, 7) is 2.03. The van der Waals surface area contributed by atoms with Gasteiger partial charge in [-0.1, -0.05) is 38.0 Å². The second-order valence-electron chi connectivity index (χ2n) is 3.53. The van der Waals surface area contributed by atoms with Crippen molar-refractivity contribution in [3.05, 3.63) is 35.4 Å². The lowest BCUT2D eigenvalue weighted by molar-refractivity contribution is -0.138. The Hall–Kier alpha value is -0.990. The molecule has 1 rings (SSSR count). The van der Waals surface area contributed by atoms with Crippen LogP contribution >= 0.6 is 0 Å². The number of unbranched alkanes of at least 4 members (excludes halogenated alkanes) is 2. The number of rotatable bonds is 4. The van der Waals surface area contributed by atoms with Crippen molar-refractivity contribution >= 4 is 0 Å². The van der Waals surface area contributed by atoms with Gasteiger partial charge in [0.2, 0.25) is 0 Å². The molecule has 0 atom stereocenters. The van der Waals surface area contributed by atoms with Gasteiger partial charge in [-0.05, 0) is 24.5 Å². The highest BCUT2D eigenvalue weighted by molar-refractivity contribution is 5.28. The van der Waals surface area contributed by atoms with E-state index in [9.17, 15) is 13.2 Å². The highest BCUT2D eigenvalue weighted by atomic mass is 19.4. The summed E-state index contributed by atoms with van der Waals surface area (Å²) in [6, 6.07) is 6.73. The first kappa shape index (κ1) is 12.1. The van der Waals surface area contributed by atoms with Crippen molar-refractivity contribution in [3.63, 3.8) is 0 Å². The van der Waals surface area contributed by atoms with E-state index in [-0.39, 0.29) is 0 Å². The quantitative estimate of drug-likeness (QED) is 0.659. The predicted molar refractivity (Wildman–Crippen MR) is 53.5 cm³/mol. The van der Waals surface area contributed by atoms with E-state index in [1.165, 1.54) is 12.1 Å². The summed E-state index contributed by atoms with van der Waals surface area (Å²) in [5.41, 5.74) is -0.250. The molecule has 0 amide bonds. The lowest BCUT2D eigenvalue weighted by Crippen LogP contribution is -2.09. The van der Waals surface area contributed by atoms with Crippen LogP contribution < -0.4 is 0 Å².